The molecule has 1 rings (SSSR count). The number of carbonyl (C=O) groups excluding carboxylic acids is 1. The summed E-state index contributed by atoms with van der Waals surface area (Å²) >= 11 is 0. The van der Waals surface area contributed by atoms with Gasteiger partial charge in [0, 0.05) is 20.3 Å². The Morgan fingerprint density at radius 3 is 2.03 bits per heavy atom. The predicted molar refractivity (Wildman–Crippen MR) is 134 cm³/mol. The van der Waals surface area contributed by atoms with Crippen molar-refractivity contribution in [1.29, 1.82) is 0 Å². The van der Waals surface area contributed by atoms with Crippen molar-refractivity contribution >= 4 is 5.91 Å². The first-order valence-electron chi connectivity index (χ1n) is 13.3. The van der Waals surface area contributed by atoms with E-state index in [-0.39, 0.29) is 12.1 Å². The molecule has 0 bridgehead atoms. The largest absolute Gasteiger partial charge is 0.338 e. The van der Waals surface area contributed by atoms with Gasteiger partial charge >= 0.3 is 0 Å². The van der Waals surface area contributed by atoms with Crippen LogP contribution in [0.5, 0.6) is 0 Å². The van der Waals surface area contributed by atoms with Crippen LogP contribution in [0.4, 0.5) is 0 Å². The fraction of sp³-hybridized carbons (Fsp3) is 0.815. The summed E-state index contributed by atoms with van der Waals surface area (Å²) in [5.74, 6) is 0.0507. The van der Waals surface area contributed by atoms with E-state index in [0.29, 0.717) is 6.17 Å². The van der Waals surface area contributed by atoms with Gasteiger partial charge in [0.2, 0.25) is 5.91 Å². The van der Waals surface area contributed by atoms with Crippen molar-refractivity contribution in [2.24, 2.45) is 0 Å². The molecule has 180 valence electrons. The molecule has 0 saturated carbocycles. The van der Waals surface area contributed by atoms with Crippen molar-refractivity contribution in [3.63, 3.8) is 0 Å². The summed E-state index contributed by atoms with van der Waals surface area (Å²) in [6.07, 6.45) is 29.6. The Morgan fingerprint density at radius 1 is 0.935 bits per heavy atom. The molecule has 0 radical (unpaired) electrons. The summed E-state index contributed by atoms with van der Waals surface area (Å²) in [5.41, 5.74) is 0. The maximum Gasteiger partial charge on any atom is 0.221 e. The Balaban J connectivity index is 2.03. The van der Waals surface area contributed by atoms with Crippen LogP contribution >= 0.6 is 0 Å². The molecular weight excluding hydrogens is 382 g/mol. The number of hydrogen-bond donors (Lipinski definition) is 2. The Kier molecular flexibility index (Phi) is 15.5. The zero-order chi connectivity index (χ0) is 22.8. The van der Waals surface area contributed by atoms with E-state index in [4.69, 9.17) is 0 Å². The minimum atomic E-state index is 0.0507. The van der Waals surface area contributed by atoms with Gasteiger partial charge in [-0.15, -0.1) is 0 Å². The molecule has 3 atom stereocenters. The van der Waals surface area contributed by atoms with Gasteiger partial charge in [-0.2, -0.15) is 0 Å². The summed E-state index contributed by atoms with van der Waals surface area (Å²) in [7, 11) is 0. The van der Waals surface area contributed by atoms with Crippen LogP contribution in [0, 0.1) is 0 Å². The fourth-order valence-corrected chi connectivity index (χ4v) is 4.86. The number of allylic oxidation sites excluding steroid dienone is 2. The number of nitrogens with zero attached hydrogens (tertiary/aromatic N) is 1. The second-order valence-corrected chi connectivity index (χ2v) is 9.41. The summed E-state index contributed by atoms with van der Waals surface area (Å²) in [6, 6.07) is 0. The van der Waals surface area contributed by atoms with Crippen molar-refractivity contribution < 1.29 is 9.28 Å². The number of unbranched alkanes of at least 4 members (excludes halogenated alkanes) is 12. The van der Waals surface area contributed by atoms with E-state index >= 15 is 0 Å². The molecule has 1 aliphatic heterocycles. The van der Waals surface area contributed by atoms with Crippen LogP contribution in [-0.4, -0.2) is 29.3 Å². The summed E-state index contributed by atoms with van der Waals surface area (Å²) in [4.78, 5) is 11.5. The first-order valence-corrected chi connectivity index (χ1v) is 13.3. The summed E-state index contributed by atoms with van der Waals surface area (Å²) < 4.78 is 0.810. The van der Waals surface area contributed by atoms with Crippen LogP contribution in [0.25, 0.3) is 0 Å². The third-order valence-electron chi connectivity index (χ3n) is 6.89. The van der Waals surface area contributed by atoms with Gasteiger partial charge in [0.05, 0.1) is 12.7 Å². The zero-order valence-corrected chi connectivity index (χ0v) is 21.1. The zero-order valence-electron chi connectivity index (χ0n) is 21.1. The number of amides is 1. The van der Waals surface area contributed by atoms with E-state index in [2.05, 4.69) is 56.0 Å². The van der Waals surface area contributed by atoms with Crippen LogP contribution in [0.2, 0.25) is 0 Å². The number of quaternary nitrogens is 1. The van der Waals surface area contributed by atoms with E-state index in [1.807, 2.05) is 0 Å². The molecule has 0 aromatic heterocycles. The average Bonchev–Trinajstić information content (AvgIpc) is 3.17. The second kappa shape index (κ2) is 17.3. The van der Waals surface area contributed by atoms with Crippen molar-refractivity contribution in [2.45, 2.75) is 136 Å². The SMILES string of the molecule is CCCCCCCC/C=C/CCCCCCCCC1NC=C[N+]1(CC)C(C)NC(C)=O. The normalized spacial score (nSPS) is 21.5. The standard InChI is InChI=1S/C27H51N3O/c1-5-7-8-9-10-11-12-13-14-15-16-17-18-19-20-21-22-27-28-23-24-30(27,6-2)25(3)29-26(4)31/h13-14,23-25,27-28H,5-12,15-22H2,1-4H3/p+1/b14-13+. The number of nitrogens with one attached hydrogen (secondary N) is 2. The summed E-state index contributed by atoms with van der Waals surface area (Å²) in [6.45, 7) is 9.21. The molecule has 2 N–H and O–H groups in total. The minimum Gasteiger partial charge on any atom is -0.338 e. The molecule has 1 aliphatic rings. The predicted octanol–water partition coefficient (Wildman–Crippen LogP) is 7.13. The molecule has 3 unspecified atom stereocenters. The molecule has 0 saturated heterocycles. The monoisotopic (exact) mass is 434 g/mol. The number of hydrogen-bond acceptors (Lipinski definition) is 2. The Hall–Kier alpha value is -1.29. The molecule has 0 spiro atoms. The van der Waals surface area contributed by atoms with Crippen LogP contribution in [-0.2, 0) is 4.79 Å². The highest BCUT2D eigenvalue weighted by molar-refractivity contribution is 5.72. The summed E-state index contributed by atoms with van der Waals surface area (Å²) in [5, 5.41) is 6.64. The van der Waals surface area contributed by atoms with Crippen molar-refractivity contribution in [1.82, 2.24) is 10.6 Å². The molecule has 0 aromatic rings. The second-order valence-electron chi connectivity index (χ2n) is 9.41. The molecule has 1 heterocycles. The lowest BCUT2D eigenvalue weighted by Crippen LogP contribution is -2.62. The quantitative estimate of drug-likeness (QED) is 0.129. The van der Waals surface area contributed by atoms with Gasteiger partial charge in [0.1, 0.15) is 6.20 Å². The lowest BCUT2D eigenvalue weighted by Gasteiger charge is -2.41. The first kappa shape index (κ1) is 27.7. The Bertz CT molecular complexity index is 517. The van der Waals surface area contributed by atoms with Gasteiger partial charge in [-0.1, -0.05) is 76.9 Å². The van der Waals surface area contributed by atoms with Gasteiger partial charge in [-0.3, -0.25) is 9.28 Å². The van der Waals surface area contributed by atoms with Crippen LogP contribution in [0.1, 0.15) is 124 Å². The molecule has 0 aromatic carbocycles. The number of rotatable bonds is 19. The van der Waals surface area contributed by atoms with Gasteiger partial charge in [-0.05, 0) is 39.0 Å². The van der Waals surface area contributed by atoms with Crippen molar-refractivity contribution in [2.75, 3.05) is 6.54 Å². The molecular formula is C27H52N3O+. The maximum atomic E-state index is 11.5. The highest BCUT2D eigenvalue weighted by atomic mass is 16.1. The smallest absolute Gasteiger partial charge is 0.221 e. The minimum absolute atomic E-state index is 0.0507. The topological polar surface area (TPSA) is 41.1 Å². The fourth-order valence-electron chi connectivity index (χ4n) is 4.86. The third kappa shape index (κ3) is 11.2. The van der Waals surface area contributed by atoms with E-state index in [1.54, 1.807) is 6.92 Å². The van der Waals surface area contributed by atoms with E-state index in [0.717, 1.165) is 17.4 Å². The van der Waals surface area contributed by atoms with Gasteiger partial charge in [-0.25, -0.2) is 0 Å². The van der Waals surface area contributed by atoms with E-state index < -0.39 is 0 Å². The maximum absolute atomic E-state index is 11.5. The third-order valence-corrected chi connectivity index (χ3v) is 6.89. The molecule has 0 fully saturated rings. The van der Waals surface area contributed by atoms with Gasteiger partial charge in [0.15, 0.2) is 12.3 Å². The molecule has 1 amide bonds. The lowest BCUT2D eigenvalue weighted by molar-refractivity contribution is -0.923. The van der Waals surface area contributed by atoms with Crippen LogP contribution < -0.4 is 10.6 Å². The van der Waals surface area contributed by atoms with Crippen LogP contribution in [0.15, 0.2) is 24.6 Å². The molecule has 4 nitrogen and oxygen atoms in total. The average molecular weight is 435 g/mol. The Labute approximate surface area is 193 Å². The number of carbonyl (C=O) groups is 1. The highest BCUT2D eigenvalue weighted by Crippen LogP contribution is 2.26. The van der Waals surface area contributed by atoms with Gasteiger partial charge < -0.3 is 10.6 Å². The lowest BCUT2D eigenvalue weighted by atomic mass is 10.1. The Morgan fingerprint density at radius 2 is 1.48 bits per heavy atom. The molecule has 0 aliphatic carbocycles. The molecule has 4 heteroatoms. The highest BCUT2D eigenvalue weighted by Gasteiger charge is 2.41. The van der Waals surface area contributed by atoms with E-state index in [1.165, 1.54) is 89.9 Å². The van der Waals surface area contributed by atoms with Crippen molar-refractivity contribution in [3.8, 4) is 0 Å². The van der Waals surface area contributed by atoms with Gasteiger partial charge in [0.25, 0.3) is 0 Å². The molecule has 31 heavy (non-hydrogen) atoms. The van der Waals surface area contributed by atoms with Crippen LogP contribution in [0.3, 0.4) is 0 Å². The van der Waals surface area contributed by atoms with E-state index in [9.17, 15) is 4.79 Å². The first-order chi connectivity index (χ1) is 15.1. The van der Waals surface area contributed by atoms with Crippen molar-refractivity contribution in [3.05, 3.63) is 24.6 Å².